The van der Waals surface area contributed by atoms with Crippen molar-refractivity contribution >= 4 is 0 Å². The molecule has 21 heavy (non-hydrogen) atoms. The lowest BCUT2D eigenvalue weighted by Gasteiger charge is -2.05. The summed E-state index contributed by atoms with van der Waals surface area (Å²) in [6.45, 7) is 6.92. The smallest absolute Gasteiger partial charge is 0.138 e. The highest BCUT2D eigenvalue weighted by Crippen LogP contribution is 2.08. The molecule has 0 atom stereocenters. The number of allylic oxidation sites excluding steroid dienone is 1. The molecule has 0 heterocycles. The molecule has 0 N–H and O–H groups in total. The van der Waals surface area contributed by atoms with Crippen molar-refractivity contribution in [2.45, 2.75) is 64.7 Å². The van der Waals surface area contributed by atoms with E-state index in [1.165, 1.54) is 39.2 Å². The monoisotopic (exact) mass is 306 g/mol. The maximum atomic E-state index is 4.92. The molecular weight excluding hydrogens is 276 g/mol. The Morgan fingerprint density at radius 1 is 0.810 bits per heavy atom. The molecule has 0 unspecified atom stereocenters. The van der Waals surface area contributed by atoms with E-state index in [0.717, 1.165) is 19.3 Å². The van der Waals surface area contributed by atoms with Crippen LogP contribution in [0.2, 0.25) is 0 Å². The highest BCUT2D eigenvalue weighted by molar-refractivity contribution is 4.79. The van der Waals surface area contributed by atoms with E-state index in [2.05, 4.69) is 33.4 Å². The second-order valence-electron chi connectivity index (χ2n) is 4.79. The third-order valence-corrected chi connectivity index (χ3v) is 2.83. The Kier molecular flexibility index (Phi) is 16.8. The fraction of sp³-hybridized carbons (Fsp3) is 0.867. The molecule has 0 radical (unpaired) electrons. The molecule has 126 valence electrons. The van der Waals surface area contributed by atoms with E-state index in [1.807, 2.05) is 0 Å². The molecule has 6 heteroatoms. The van der Waals surface area contributed by atoms with Gasteiger partial charge < -0.3 is 4.89 Å². The molecular formula is C15H30O6. The second-order valence-corrected chi connectivity index (χ2v) is 4.79. The van der Waals surface area contributed by atoms with Crippen LogP contribution in [0.1, 0.15) is 64.7 Å². The fourth-order valence-corrected chi connectivity index (χ4v) is 1.65. The zero-order valence-electron chi connectivity index (χ0n) is 13.4. The maximum Gasteiger partial charge on any atom is 0.138 e. The molecule has 0 aromatic rings. The molecule has 0 saturated carbocycles. The summed E-state index contributed by atoms with van der Waals surface area (Å²) in [5.74, 6) is 0.511. The Morgan fingerprint density at radius 3 is 2.10 bits per heavy atom. The van der Waals surface area contributed by atoms with Crippen LogP contribution in [0, 0.1) is 0 Å². The Morgan fingerprint density at radius 2 is 1.43 bits per heavy atom. The number of rotatable bonds is 17. The Bertz CT molecular complexity index is 222. The summed E-state index contributed by atoms with van der Waals surface area (Å²) in [6.07, 6.45) is 9.67. The molecule has 0 aromatic heterocycles. The first kappa shape index (κ1) is 20.3. The lowest BCUT2D eigenvalue weighted by Crippen LogP contribution is -2.01. The van der Waals surface area contributed by atoms with E-state index < -0.39 is 0 Å². The maximum absolute atomic E-state index is 4.92. The minimum absolute atomic E-state index is 0.467. The van der Waals surface area contributed by atoms with Gasteiger partial charge in [0.1, 0.15) is 5.76 Å². The average Bonchev–Trinajstić information content (AvgIpc) is 2.49. The molecule has 0 aliphatic carbocycles. The lowest BCUT2D eigenvalue weighted by molar-refractivity contribution is -0.512. The van der Waals surface area contributed by atoms with Gasteiger partial charge in [0.15, 0.2) is 0 Å². The van der Waals surface area contributed by atoms with Crippen molar-refractivity contribution in [1.82, 2.24) is 0 Å². The highest BCUT2D eigenvalue weighted by atomic mass is 17.5. The van der Waals surface area contributed by atoms with Crippen LogP contribution in [-0.2, 0) is 29.6 Å². The first-order valence-electron chi connectivity index (χ1n) is 7.77. The Balaban J connectivity index is 3.04. The molecule has 0 aliphatic rings. The van der Waals surface area contributed by atoms with Crippen LogP contribution in [0.25, 0.3) is 0 Å². The predicted molar refractivity (Wildman–Crippen MR) is 78.5 cm³/mol. The minimum atomic E-state index is 0.467. The normalized spacial score (nSPS) is 10.8. The van der Waals surface area contributed by atoms with E-state index in [1.54, 1.807) is 0 Å². The third-order valence-electron chi connectivity index (χ3n) is 2.83. The summed E-state index contributed by atoms with van der Waals surface area (Å²) in [5, 5.41) is 8.92. The fourth-order valence-electron chi connectivity index (χ4n) is 1.65. The molecule has 0 fully saturated rings. The van der Waals surface area contributed by atoms with Crippen molar-refractivity contribution in [2.24, 2.45) is 0 Å². The van der Waals surface area contributed by atoms with E-state index in [9.17, 15) is 0 Å². The van der Waals surface area contributed by atoms with Gasteiger partial charge in [0.05, 0.1) is 20.3 Å². The van der Waals surface area contributed by atoms with Gasteiger partial charge in [-0.25, -0.2) is 9.78 Å². The van der Waals surface area contributed by atoms with Gasteiger partial charge >= 0.3 is 0 Å². The number of hydrogen-bond donors (Lipinski definition) is 0. The molecule has 0 aromatic carbocycles. The standard InChI is InChI=1S/C15H30O6/c1-4-5-6-7-8-10-13-17-21-18-14-11-9-12-15(2)19-20-16-3/h2,4-14H2,1,3H3. The van der Waals surface area contributed by atoms with E-state index in [4.69, 9.17) is 9.78 Å². The van der Waals surface area contributed by atoms with Crippen LogP contribution >= 0.6 is 0 Å². The van der Waals surface area contributed by atoms with Crippen LogP contribution < -0.4 is 0 Å². The molecule has 6 nitrogen and oxygen atoms in total. The van der Waals surface area contributed by atoms with Gasteiger partial charge in [0, 0.05) is 6.42 Å². The lowest BCUT2D eigenvalue weighted by atomic mass is 10.1. The SMILES string of the molecule is C=C(CCCCOOOCCCCCCCC)OOOC. The van der Waals surface area contributed by atoms with Crippen molar-refractivity contribution < 1.29 is 29.6 Å². The van der Waals surface area contributed by atoms with Gasteiger partial charge in [-0.15, -0.1) is 0 Å². The molecule has 0 spiro atoms. The van der Waals surface area contributed by atoms with Gasteiger partial charge in [0.25, 0.3) is 0 Å². The zero-order chi connectivity index (χ0) is 15.6. The molecule has 0 bridgehead atoms. The predicted octanol–water partition coefficient (Wildman–Crippen LogP) is 4.42. The summed E-state index contributed by atoms with van der Waals surface area (Å²) in [4.78, 5) is 18.8. The summed E-state index contributed by atoms with van der Waals surface area (Å²) in [7, 11) is 1.36. The molecule has 0 rings (SSSR count). The van der Waals surface area contributed by atoms with Crippen LogP contribution in [0.5, 0.6) is 0 Å². The van der Waals surface area contributed by atoms with Crippen LogP contribution in [0.15, 0.2) is 12.3 Å². The largest absolute Gasteiger partial charge is 0.314 e. The zero-order valence-corrected chi connectivity index (χ0v) is 13.4. The van der Waals surface area contributed by atoms with E-state index >= 15 is 0 Å². The first-order valence-corrected chi connectivity index (χ1v) is 7.77. The Hall–Kier alpha value is -0.660. The van der Waals surface area contributed by atoms with Crippen molar-refractivity contribution in [3.63, 3.8) is 0 Å². The van der Waals surface area contributed by atoms with E-state index in [-0.39, 0.29) is 0 Å². The van der Waals surface area contributed by atoms with Crippen molar-refractivity contribution in [3.8, 4) is 0 Å². The van der Waals surface area contributed by atoms with Gasteiger partial charge in [-0.1, -0.05) is 50.6 Å². The highest BCUT2D eigenvalue weighted by Gasteiger charge is 1.98. The third kappa shape index (κ3) is 17.3. The van der Waals surface area contributed by atoms with Crippen molar-refractivity contribution in [1.29, 1.82) is 0 Å². The van der Waals surface area contributed by atoms with Crippen LogP contribution in [0.3, 0.4) is 0 Å². The summed E-state index contributed by atoms with van der Waals surface area (Å²) in [6, 6.07) is 0. The summed E-state index contributed by atoms with van der Waals surface area (Å²) >= 11 is 0. The molecule has 0 amide bonds. The first-order chi connectivity index (χ1) is 10.3. The number of hydrogen-bond acceptors (Lipinski definition) is 6. The molecule has 0 saturated heterocycles. The number of unbranched alkanes of at least 4 members (excludes halogenated alkanes) is 6. The summed E-state index contributed by atoms with van der Waals surface area (Å²) < 4.78 is 0. The van der Waals surface area contributed by atoms with E-state index in [0.29, 0.717) is 25.4 Å². The topological polar surface area (TPSA) is 55.4 Å². The Labute approximate surface area is 128 Å². The van der Waals surface area contributed by atoms with Gasteiger partial charge in [-0.2, -0.15) is 4.89 Å². The summed E-state index contributed by atoms with van der Waals surface area (Å²) in [5.41, 5.74) is 0. The molecule has 0 aliphatic heterocycles. The van der Waals surface area contributed by atoms with Crippen molar-refractivity contribution in [3.05, 3.63) is 12.3 Å². The van der Waals surface area contributed by atoms with Crippen LogP contribution in [0.4, 0.5) is 0 Å². The van der Waals surface area contributed by atoms with Gasteiger partial charge in [0.2, 0.25) is 0 Å². The van der Waals surface area contributed by atoms with Crippen LogP contribution in [-0.4, -0.2) is 20.3 Å². The van der Waals surface area contributed by atoms with Gasteiger partial charge in [-0.3, -0.25) is 0 Å². The van der Waals surface area contributed by atoms with Gasteiger partial charge in [-0.05, 0) is 24.3 Å². The van der Waals surface area contributed by atoms with Crippen molar-refractivity contribution in [2.75, 3.05) is 20.3 Å². The quantitative estimate of drug-likeness (QED) is 0.172. The second kappa shape index (κ2) is 17.4. The average molecular weight is 306 g/mol. The minimum Gasteiger partial charge on any atom is -0.314 e.